The number of rotatable bonds is 4. The molecule has 116 valence electrons. The third-order valence-electron chi connectivity index (χ3n) is 6.46. The first kappa shape index (κ1) is 14.8. The van der Waals surface area contributed by atoms with Crippen LogP contribution in [0.1, 0.15) is 71.1 Å². The van der Waals surface area contributed by atoms with Crippen LogP contribution < -0.4 is 0 Å². The van der Waals surface area contributed by atoms with Gasteiger partial charge >= 0.3 is 0 Å². The normalized spacial score (nSPS) is 40.5. The molecule has 3 rings (SSSR count). The Labute approximate surface area is 124 Å². The van der Waals surface area contributed by atoms with Gasteiger partial charge in [0.1, 0.15) is 0 Å². The fraction of sp³-hybridized carbons (Fsp3) is 1.00. The molecule has 3 aliphatic rings. The van der Waals surface area contributed by atoms with Crippen molar-refractivity contribution >= 4 is 0 Å². The summed E-state index contributed by atoms with van der Waals surface area (Å²) in [5.74, 6) is 2.40. The van der Waals surface area contributed by atoms with Gasteiger partial charge in [0.25, 0.3) is 0 Å². The Balaban J connectivity index is 1.57. The summed E-state index contributed by atoms with van der Waals surface area (Å²) >= 11 is 0. The van der Waals surface area contributed by atoms with Crippen molar-refractivity contribution in [3.63, 3.8) is 0 Å². The predicted molar refractivity (Wildman–Crippen MR) is 83.7 cm³/mol. The van der Waals surface area contributed by atoms with Crippen LogP contribution >= 0.6 is 0 Å². The highest BCUT2D eigenvalue weighted by Crippen LogP contribution is 2.38. The van der Waals surface area contributed by atoms with E-state index in [1.54, 1.807) is 0 Å². The first-order valence-electron chi connectivity index (χ1n) is 9.20. The highest BCUT2D eigenvalue weighted by atomic mass is 16.3. The zero-order chi connectivity index (χ0) is 13.9. The summed E-state index contributed by atoms with van der Waals surface area (Å²) in [7, 11) is 0. The van der Waals surface area contributed by atoms with Crippen LogP contribution in [0.2, 0.25) is 0 Å². The number of aliphatic hydroxyl groups is 1. The zero-order valence-corrected chi connectivity index (χ0v) is 13.3. The van der Waals surface area contributed by atoms with Crippen molar-refractivity contribution in [2.45, 2.75) is 83.3 Å². The molecule has 1 N–H and O–H groups in total. The molecule has 2 heteroatoms. The number of hydrogen-bond donors (Lipinski definition) is 1. The molecule has 1 heterocycles. The largest absolute Gasteiger partial charge is 0.393 e. The van der Waals surface area contributed by atoms with Crippen LogP contribution in [-0.4, -0.2) is 35.2 Å². The molecule has 0 aromatic heterocycles. The van der Waals surface area contributed by atoms with E-state index in [1.807, 2.05) is 0 Å². The van der Waals surface area contributed by atoms with Gasteiger partial charge in [0.2, 0.25) is 0 Å². The van der Waals surface area contributed by atoms with Crippen LogP contribution in [0.3, 0.4) is 0 Å². The molecule has 4 atom stereocenters. The lowest BCUT2D eigenvalue weighted by Crippen LogP contribution is -2.43. The van der Waals surface area contributed by atoms with Crippen molar-refractivity contribution in [3.8, 4) is 0 Å². The maximum Gasteiger partial charge on any atom is 0.0580 e. The lowest BCUT2D eigenvalue weighted by Gasteiger charge is -2.38. The average Bonchev–Trinajstić information content (AvgIpc) is 3.11. The van der Waals surface area contributed by atoms with Gasteiger partial charge < -0.3 is 5.11 Å². The average molecular weight is 279 g/mol. The van der Waals surface area contributed by atoms with Crippen molar-refractivity contribution in [2.75, 3.05) is 13.1 Å². The van der Waals surface area contributed by atoms with Gasteiger partial charge in [0, 0.05) is 12.6 Å². The molecule has 0 aromatic rings. The van der Waals surface area contributed by atoms with Crippen LogP contribution in [0.25, 0.3) is 0 Å². The fourth-order valence-electron chi connectivity index (χ4n) is 5.17. The van der Waals surface area contributed by atoms with Crippen molar-refractivity contribution < 1.29 is 5.11 Å². The summed E-state index contributed by atoms with van der Waals surface area (Å²) in [6.07, 6.45) is 13.5. The monoisotopic (exact) mass is 279 g/mol. The first-order chi connectivity index (χ1) is 9.78. The molecule has 0 aromatic carbocycles. The van der Waals surface area contributed by atoms with E-state index < -0.39 is 0 Å². The summed E-state index contributed by atoms with van der Waals surface area (Å²) in [6, 6.07) is 0.853. The highest BCUT2D eigenvalue weighted by Gasteiger charge is 2.36. The molecule has 0 bridgehead atoms. The lowest BCUT2D eigenvalue weighted by atomic mass is 9.78. The second-order valence-electron chi connectivity index (χ2n) is 7.66. The van der Waals surface area contributed by atoms with E-state index in [4.69, 9.17) is 0 Å². The number of hydrogen-bond acceptors (Lipinski definition) is 2. The zero-order valence-electron chi connectivity index (χ0n) is 13.3. The Morgan fingerprint density at radius 3 is 2.55 bits per heavy atom. The molecule has 4 unspecified atom stereocenters. The summed E-state index contributed by atoms with van der Waals surface area (Å²) < 4.78 is 0. The van der Waals surface area contributed by atoms with E-state index in [0.717, 1.165) is 24.3 Å². The minimum absolute atomic E-state index is 0.0253. The van der Waals surface area contributed by atoms with Crippen molar-refractivity contribution in [2.24, 2.45) is 17.8 Å². The third-order valence-corrected chi connectivity index (χ3v) is 6.46. The molecule has 20 heavy (non-hydrogen) atoms. The minimum Gasteiger partial charge on any atom is -0.393 e. The van der Waals surface area contributed by atoms with Crippen LogP contribution in [-0.2, 0) is 0 Å². The molecule has 0 radical (unpaired) electrons. The van der Waals surface area contributed by atoms with E-state index in [0.29, 0.717) is 5.92 Å². The summed E-state index contributed by atoms with van der Waals surface area (Å²) in [4.78, 5) is 2.77. The van der Waals surface area contributed by atoms with Crippen molar-refractivity contribution in [1.29, 1.82) is 0 Å². The lowest BCUT2D eigenvalue weighted by molar-refractivity contribution is 0.0198. The van der Waals surface area contributed by atoms with Gasteiger partial charge in [-0.15, -0.1) is 0 Å². The molecule has 1 saturated heterocycles. The van der Waals surface area contributed by atoms with E-state index in [2.05, 4.69) is 11.8 Å². The van der Waals surface area contributed by atoms with Gasteiger partial charge in [-0.3, -0.25) is 4.90 Å². The topological polar surface area (TPSA) is 23.5 Å². The summed E-state index contributed by atoms with van der Waals surface area (Å²) in [5, 5.41) is 10.4. The van der Waals surface area contributed by atoms with Gasteiger partial charge in [0.05, 0.1) is 6.10 Å². The summed E-state index contributed by atoms with van der Waals surface area (Å²) in [6.45, 7) is 4.79. The first-order valence-corrected chi connectivity index (χ1v) is 9.20. The van der Waals surface area contributed by atoms with Gasteiger partial charge in [0.15, 0.2) is 0 Å². The molecule has 0 spiro atoms. The van der Waals surface area contributed by atoms with Gasteiger partial charge in [-0.05, 0) is 69.2 Å². The Bertz CT molecular complexity index is 300. The van der Waals surface area contributed by atoms with Crippen molar-refractivity contribution in [1.82, 2.24) is 4.90 Å². The molecule has 3 fully saturated rings. The van der Waals surface area contributed by atoms with Gasteiger partial charge in [-0.1, -0.05) is 26.2 Å². The summed E-state index contributed by atoms with van der Waals surface area (Å²) in [5.41, 5.74) is 0. The minimum atomic E-state index is -0.0253. The molecule has 0 amide bonds. The van der Waals surface area contributed by atoms with E-state index in [9.17, 15) is 5.11 Å². The maximum absolute atomic E-state index is 10.4. The van der Waals surface area contributed by atoms with Gasteiger partial charge in [-0.2, -0.15) is 0 Å². The maximum atomic E-state index is 10.4. The Morgan fingerprint density at radius 2 is 1.80 bits per heavy atom. The second-order valence-corrected chi connectivity index (χ2v) is 7.66. The van der Waals surface area contributed by atoms with Crippen LogP contribution in [0.4, 0.5) is 0 Å². The molecular formula is C18H33NO. The third kappa shape index (κ3) is 3.22. The standard InChI is InChI=1S/C18H33NO/c1-2-14-9-10-18(20)16(12-14)13-19-11-5-8-17(19)15-6-3-4-7-15/h14-18,20H,2-13H2,1H3. The van der Waals surface area contributed by atoms with E-state index in [1.165, 1.54) is 70.9 Å². The van der Waals surface area contributed by atoms with Gasteiger partial charge in [-0.25, -0.2) is 0 Å². The SMILES string of the molecule is CCC1CCC(O)C(CN2CCCC2C2CCCC2)C1. The predicted octanol–water partition coefficient (Wildman–Crippen LogP) is 3.83. The highest BCUT2D eigenvalue weighted by molar-refractivity contribution is 4.90. The Kier molecular flexibility index (Phi) is 5.04. The van der Waals surface area contributed by atoms with E-state index >= 15 is 0 Å². The van der Waals surface area contributed by atoms with Crippen molar-refractivity contribution in [3.05, 3.63) is 0 Å². The van der Waals surface area contributed by atoms with Crippen LogP contribution in [0, 0.1) is 17.8 Å². The number of likely N-dealkylation sites (tertiary alicyclic amines) is 1. The Morgan fingerprint density at radius 1 is 1.00 bits per heavy atom. The van der Waals surface area contributed by atoms with Crippen LogP contribution in [0.5, 0.6) is 0 Å². The Hall–Kier alpha value is -0.0800. The fourth-order valence-corrected chi connectivity index (χ4v) is 5.17. The molecule has 2 aliphatic carbocycles. The quantitative estimate of drug-likeness (QED) is 0.845. The molecule has 2 saturated carbocycles. The smallest absolute Gasteiger partial charge is 0.0580 e. The number of nitrogens with zero attached hydrogens (tertiary/aromatic N) is 1. The number of aliphatic hydroxyl groups excluding tert-OH is 1. The van der Waals surface area contributed by atoms with Crippen LogP contribution in [0.15, 0.2) is 0 Å². The molecule has 1 aliphatic heterocycles. The molecular weight excluding hydrogens is 246 g/mol. The second kappa shape index (κ2) is 6.79. The van der Waals surface area contributed by atoms with E-state index in [-0.39, 0.29) is 6.10 Å². The molecule has 2 nitrogen and oxygen atoms in total.